The van der Waals surface area contributed by atoms with E-state index in [-0.39, 0.29) is 11.8 Å². The monoisotopic (exact) mass is 365 g/mol. The van der Waals surface area contributed by atoms with Crippen molar-refractivity contribution in [3.8, 4) is 0 Å². The summed E-state index contributed by atoms with van der Waals surface area (Å²) in [7, 11) is 0. The van der Waals surface area contributed by atoms with Crippen LogP contribution in [0.3, 0.4) is 0 Å². The molecule has 7 heteroatoms. The first-order valence-electron chi connectivity index (χ1n) is 8.85. The Morgan fingerprint density at radius 2 is 1.78 bits per heavy atom. The highest BCUT2D eigenvalue weighted by Gasteiger charge is 2.19. The van der Waals surface area contributed by atoms with Gasteiger partial charge in [0, 0.05) is 31.4 Å². The van der Waals surface area contributed by atoms with Gasteiger partial charge in [0.05, 0.1) is 0 Å². The van der Waals surface area contributed by atoms with Crippen molar-refractivity contribution in [1.29, 1.82) is 0 Å². The molecule has 2 amide bonds. The molecule has 7 nitrogen and oxygen atoms in total. The highest BCUT2D eigenvalue weighted by atomic mass is 16.2. The van der Waals surface area contributed by atoms with Crippen LogP contribution in [0.4, 0.5) is 11.4 Å². The lowest BCUT2D eigenvalue weighted by atomic mass is 10.1. The predicted molar refractivity (Wildman–Crippen MR) is 107 cm³/mol. The molecule has 0 saturated heterocycles. The van der Waals surface area contributed by atoms with Crippen LogP contribution in [0.1, 0.15) is 24.9 Å². The number of rotatable bonds is 4. The van der Waals surface area contributed by atoms with E-state index in [9.17, 15) is 9.59 Å². The number of guanidine groups is 1. The van der Waals surface area contributed by atoms with Gasteiger partial charge in [-0.25, -0.2) is 0 Å². The van der Waals surface area contributed by atoms with E-state index in [1.54, 1.807) is 0 Å². The first kappa shape index (κ1) is 18.6. The second-order valence-corrected chi connectivity index (χ2v) is 6.32. The van der Waals surface area contributed by atoms with Crippen molar-refractivity contribution in [3.63, 3.8) is 0 Å². The topological polar surface area (TPSA) is 99.8 Å². The maximum atomic E-state index is 12.4. The minimum Gasteiger partial charge on any atom is -0.324 e. The number of carbonyl (C=O) groups is 2. The van der Waals surface area contributed by atoms with Gasteiger partial charge in [-0.2, -0.15) is 0 Å². The molecule has 1 aliphatic heterocycles. The van der Waals surface area contributed by atoms with E-state index in [2.05, 4.69) is 15.6 Å². The van der Waals surface area contributed by atoms with E-state index in [0.717, 1.165) is 24.2 Å². The fourth-order valence-corrected chi connectivity index (χ4v) is 2.88. The molecule has 1 atom stereocenters. The number of carbonyl (C=O) groups excluding carboxylic acids is 2. The summed E-state index contributed by atoms with van der Waals surface area (Å²) in [4.78, 5) is 30.1. The number of benzene rings is 2. The molecule has 27 heavy (non-hydrogen) atoms. The number of hydrogen-bond donors (Lipinski definition) is 3. The molecule has 2 aromatic carbocycles. The second kappa shape index (κ2) is 8.46. The summed E-state index contributed by atoms with van der Waals surface area (Å²) in [5.74, 6) is 0.128. The lowest BCUT2D eigenvalue weighted by molar-refractivity contribution is -0.118. The molecule has 0 fully saturated rings. The zero-order chi connectivity index (χ0) is 19.2. The van der Waals surface area contributed by atoms with Gasteiger partial charge in [-0.1, -0.05) is 30.3 Å². The minimum atomic E-state index is -0.730. The third-order valence-corrected chi connectivity index (χ3v) is 4.23. The van der Waals surface area contributed by atoms with E-state index in [1.807, 2.05) is 59.5 Å². The van der Waals surface area contributed by atoms with Crippen LogP contribution in [-0.2, 0) is 9.59 Å². The Bertz CT molecular complexity index is 833. The van der Waals surface area contributed by atoms with Crippen molar-refractivity contribution < 1.29 is 9.59 Å². The maximum Gasteiger partial charge on any atom is 0.245 e. The van der Waals surface area contributed by atoms with Gasteiger partial charge in [-0.15, -0.1) is 0 Å². The van der Waals surface area contributed by atoms with Crippen molar-refractivity contribution in [2.75, 3.05) is 23.3 Å². The number of nitrogens with two attached hydrogens (primary N) is 1. The Kier molecular flexibility index (Phi) is 5.83. The van der Waals surface area contributed by atoms with Crippen LogP contribution >= 0.6 is 0 Å². The Hall–Kier alpha value is -3.19. The molecular weight excluding hydrogens is 342 g/mol. The third-order valence-electron chi connectivity index (χ3n) is 4.23. The molecule has 4 N–H and O–H groups in total. The van der Waals surface area contributed by atoms with Crippen LogP contribution in [0.2, 0.25) is 0 Å². The van der Waals surface area contributed by atoms with Crippen LogP contribution in [0.25, 0.3) is 0 Å². The van der Waals surface area contributed by atoms with Gasteiger partial charge in [-0.05, 0) is 36.2 Å². The normalized spacial score (nSPS) is 14.9. The van der Waals surface area contributed by atoms with Crippen LogP contribution in [-0.4, -0.2) is 30.9 Å². The SMILES string of the molecule is CC(=O)NC1=NCCCN1c1ccc(NC(=O)C(N)c2ccccc2)cc1. The molecule has 0 aromatic heterocycles. The molecule has 1 heterocycles. The fraction of sp³-hybridized carbons (Fsp3) is 0.250. The molecule has 2 aromatic rings. The molecule has 0 spiro atoms. The summed E-state index contributed by atoms with van der Waals surface area (Å²) >= 11 is 0. The average Bonchev–Trinajstić information content (AvgIpc) is 2.69. The van der Waals surface area contributed by atoms with Crippen LogP contribution in [0, 0.1) is 0 Å². The number of nitrogens with one attached hydrogen (secondary N) is 2. The van der Waals surface area contributed by atoms with Crippen LogP contribution in [0.15, 0.2) is 59.6 Å². The maximum absolute atomic E-state index is 12.4. The van der Waals surface area contributed by atoms with Gasteiger partial charge >= 0.3 is 0 Å². The first-order valence-corrected chi connectivity index (χ1v) is 8.85. The van der Waals surface area contributed by atoms with Crippen molar-refractivity contribution >= 4 is 29.1 Å². The molecule has 1 unspecified atom stereocenters. The molecular formula is C20H23N5O2. The standard InChI is InChI=1S/C20H23N5O2/c1-14(26)23-20-22-12-5-13-25(20)17-10-8-16(9-11-17)24-19(27)18(21)15-6-3-2-4-7-15/h2-4,6-11,18H,5,12-13,21H2,1H3,(H,24,27)(H,22,23,26). The van der Waals surface area contributed by atoms with E-state index >= 15 is 0 Å². The molecule has 3 rings (SSSR count). The van der Waals surface area contributed by atoms with E-state index < -0.39 is 6.04 Å². The van der Waals surface area contributed by atoms with Gasteiger partial charge in [0.1, 0.15) is 6.04 Å². The molecule has 0 bridgehead atoms. The Balaban J connectivity index is 1.68. The Morgan fingerprint density at radius 3 is 2.44 bits per heavy atom. The van der Waals surface area contributed by atoms with E-state index in [4.69, 9.17) is 5.73 Å². The van der Waals surface area contributed by atoms with Gasteiger partial charge in [0.25, 0.3) is 0 Å². The van der Waals surface area contributed by atoms with Gasteiger partial charge in [0.2, 0.25) is 17.8 Å². The Morgan fingerprint density at radius 1 is 1.07 bits per heavy atom. The summed E-state index contributed by atoms with van der Waals surface area (Å²) in [6.07, 6.45) is 0.910. The van der Waals surface area contributed by atoms with Crippen LogP contribution < -0.4 is 21.3 Å². The highest BCUT2D eigenvalue weighted by molar-refractivity contribution is 6.05. The second-order valence-electron chi connectivity index (χ2n) is 6.32. The quantitative estimate of drug-likeness (QED) is 0.772. The van der Waals surface area contributed by atoms with E-state index in [1.165, 1.54) is 6.92 Å². The zero-order valence-corrected chi connectivity index (χ0v) is 15.2. The summed E-state index contributed by atoms with van der Waals surface area (Å²) in [5.41, 5.74) is 8.34. The third kappa shape index (κ3) is 4.71. The number of anilines is 2. The lowest BCUT2D eigenvalue weighted by Crippen LogP contribution is -2.46. The number of nitrogens with zero attached hydrogens (tertiary/aromatic N) is 2. The van der Waals surface area contributed by atoms with Gasteiger partial charge < -0.3 is 16.0 Å². The molecule has 0 saturated carbocycles. The minimum absolute atomic E-state index is 0.153. The largest absolute Gasteiger partial charge is 0.324 e. The van der Waals surface area contributed by atoms with Crippen molar-refractivity contribution in [3.05, 3.63) is 60.2 Å². The predicted octanol–water partition coefficient (Wildman–Crippen LogP) is 2.03. The highest BCUT2D eigenvalue weighted by Crippen LogP contribution is 2.21. The van der Waals surface area contributed by atoms with Crippen molar-refractivity contribution in [2.45, 2.75) is 19.4 Å². The summed E-state index contributed by atoms with van der Waals surface area (Å²) in [6.45, 7) is 2.92. The number of aliphatic imine (C=N–C) groups is 1. The summed E-state index contributed by atoms with van der Waals surface area (Å²) < 4.78 is 0. The van der Waals surface area contributed by atoms with Crippen LogP contribution in [0.5, 0.6) is 0 Å². The molecule has 140 valence electrons. The van der Waals surface area contributed by atoms with Crippen molar-refractivity contribution in [2.24, 2.45) is 10.7 Å². The van der Waals surface area contributed by atoms with Gasteiger partial charge in [-0.3, -0.25) is 19.9 Å². The Labute approximate surface area is 158 Å². The molecule has 0 radical (unpaired) electrons. The first-order chi connectivity index (χ1) is 13.0. The van der Waals surface area contributed by atoms with Gasteiger partial charge in [0.15, 0.2) is 0 Å². The number of hydrogen-bond acceptors (Lipinski definition) is 5. The van der Waals surface area contributed by atoms with E-state index in [0.29, 0.717) is 18.2 Å². The van der Waals surface area contributed by atoms with Crippen molar-refractivity contribution in [1.82, 2.24) is 5.32 Å². The zero-order valence-electron chi connectivity index (χ0n) is 15.2. The summed E-state index contributed by atoms with van der Waals surface area (Å²) in [5, 5.41) is 5.59. The lowest BCUT2D eigenvalue weighted by Gasteiger charge is -2.29. The summed E-state index contributed by atoms with van der Waals surface area (Å²) in [6, 6.07) is 15.9. The number of amides is 2. The average molecular weight is 365 g/mol. The fourth-order valence-electron chi connectivity index (χ4n) is 2.88. The molecule has 1 aliphatic rings. The molecule has 0 aliphatic carbocycles. The smallest absolute Gasteiger partial charge is 0.245 e.